The Bertz CT molecular complexity index is 1240. The van der Waals surface area contributed by atoms with E-state index in [9.17, 15) is 4.79 Å². The van der Waals surface area contributed by atoms with Crippen molar-refractivity contribution in [1.82, 2.24) is 24.7 Å². The molecule has 158 valence electrons. The van der Waals surface area contributed by atoms with Gasteiger partial charge in [-0.2, -0.15) is 5.10 Å². The summed E-state index contributed by atoms with van der Waals surface area (Å²) in [6.45, 7) is 3.07. The van der Waals surface area contributed by atoms with Gasteiger partial charge < -0.3 is 14.2 Å². The minimum absolute atomic E-state index is 0.0851. The summed E-state index contributed by atoms with van der Waals surface area (Å²) in [6, 6.07) is 13.6. The third kappa shape index (κ3) is 3.76. The van der Waals surface area contributed by atoms with Crippen molar-refractivity contribution >= 4 is 11.6 Å². The number of rotatable bonds is 4. The summed E-state index contributed by atoms with van der Waals surface area (Å²) >= 11 is 0. The maximum Gasteiger partial charge on any atom is 0.292 e. The summed E-state index contributed by atoms with van der Waals surface area (Å²) < 4.78 is 12.3. The minimum Gasteiger partial charge on any atom is -0.497 e. The number of amides is 1. The summed E-state index contributed by atoms with van der Waals surface area (Å²) in [4.78, 5) is 19.3. The molecule has 4 heterocycles. The molecule has 1 aliphatic rings. The Morgan fingerprint density at radius 1 is 1.19 bits per heavy atom. The first-order valence-electron chi connectivity index (χ1n) is 10.3. The number of carbonyl (C=O) groups excluding carboxylic acids is 1. The number of likely N-dealkylation sites (tertiary alicyclic amines) is 1. The highest BCUT2D eigenvalue weighted by atomic mass is 16.5. The third-order valence-electron chi connectivity index (χ3n) is 5.66. The lowest BCUT2D eigenvalue weighted by Crippen LogP contribution is -2.39. The van der Waals surface area contributed by atoms with E-state index in [1.807, 2.05) is 52.0 Å². The van der Waals surface area contributed by atoms with Crippen LogP contribution in [0.25, 0.3) is 16.8 Å². The van der Waals surface area contributed by atoms with Gasteiger partial charge in [-0.1, -0.05) is 17.3 Å². The van der Waals surface area contributed by atoms with Gasteiger partial charge in [0.1, 0.15) is 5.75 Å². The lowest BCUT2D eigenvalue weighted by molar-refractivity contribution is 0.0662. The zero-order valence-corrected chi connectivity index (χ0v) is 17.5. The molecule has 1 atom stereocenters. The molecule has 8 nitrogen and oxygen atoms in total. The van der Waals surface area contributed by atoms with Crippen LogP contribution in [0.3, 0.4) is 0 Å². The number of aromatic nitrogens is 4. The number of ether oxygens (including phenoxy) is 1. The minimum atomic E-state index is -0.130. The molecule has 1 aromatic carbocycles. The number of methoxy groups -OCH3 is 1. The summed E-state index contributed by atoms with van der Waals surface area (Å²) in [5.74, 6) is 1.81. The van der Waals surface area contributed by atoms with Crippen molar-refractivity contribution in [3.8, 4) is 16.9 Å². The van der Waals surface area contributed by atoms with Crippen molar-refractivity contribution < 1.29 is 14.1 Å². The lowest BCUT2D eigenvalue weighted by atomic mass is 9.97. The Kier molecular flexibility index (Phi) is 4.89. The number of aryl methyl sites for hydroxylation is 1. The van der Waals surface area contributed by atoms with Crippen molar-refractivity contribution in [3.05, 3.63) is 65.9 Å². The topological polar surface area (TPSA) is 85.8 Å². The summed E-state index contributed by atoms with van der Waals surface area (Å²) in [5, 5.41) is 8.56. The molecule has 0 N–H and O–H groups in total. The third-order valence-corrected chi connectivity index (χ3v) is 5.66. The van der Waals surface area contributed by atoms with Crippen LogP contribution in [0, 0.1) is 6.92 Å². The predicted octanol–water partition coefficient (Wildman–Crippen LogP) is 3.72. The highest BCUT2D eigenvalue weighted by Crippen LogP contribution is 2.28. The number of hydrogen-bond acceptors (Lipinski definition) is 6. The SMILES string of the molecule is COc1cccc(-c2ccc3nc([C@H]4CCCN(C(=O)c5cc(C)no5)C4)nn3c2)c1. The monoisotopic (exact) mass is 417 g/mol. The van der Waals surface area contributed by atoms with Crippen molar-refractivity contribution in [1.29, 1.82) is 0 Å². The van der Waals surface area contributed by atoms with Crippen LogP contribution >= 0.6 is 0 Å². The maximum atomic E-state index is 12.8. The molecule has 4 aromatic rings. The van der Waals surface area contributed by atoms with Crippen LogP contribution in [0.15, 0.2) is 53.2 Å². The molecule has 0 aliphatic carbocycles. The number of piperidine rings is 1. The van der Waals surface area contributed by atoms with E-state index in [2.05, 4.69) is 5.16 Å². The molecular formula is C23H23N5O3. The zero-order valence-electron chi connectivity index (χ0n) is 17.5. The lowest BCUT2D eigenvalue weighted by Gasteiger charge is -2.30. The molecular weight excluding hydrogens is 394 g/mol. The van der Waals surface area contributed by atoms with E-state index in [0.29, 0.717) is 18.8 Å². The van der Waals surface area contributed by atoms with Crippen LogP contribution in [-0.4, -0.2) is 50.8 Å². The number of fused-ring (bicyclic) bond motifs is 1. The second kappa shape index (κ2) is 7.86. The van der Waals surface area contributed by atoms with E-state index in [1.54, 1.807) is 20.1 Å². The molecule has 0 unspecified atom stereocenters. The maximum absolute atomic E-state index is 12.8. The van der Waals surface area contributed by atoms with Gasteiger partial charge in [-0.3, -0.25) is 4.79 Å². The van der Waals surface area contributed by atoms with E-state index >= 15 is 0 Å². The van der Waals surface area contributed by atoms with Crippen LogP contribution in [0.4, 0.5) is 0 Å². The Labute approximate surface area is 179 Å². The van der Waals surface area contributed by atoms with E-state index < -0.39 is 0 Å². The van der Waals surface area contributed by atoms with Gasteiger partial charge in [0.15, 0.2) is 11.5 Å². The van der Waals surface area contributed by atoms with E-state index in [1.165, 1.54) is 0 Å². The smallest absolute Gasteiger partial charge is 0.292 e. The molecule has 0 saturated carbocycles. The van der Waals surface area contributed by atoms with Gasteiger partial charge in [0, 0.05) is 36.8 Å². The molecule has 0 bridgehead atoms. The average molecular weight is 417 g/mol. The van der Waals surface area contributed by atoms with Crippen LogP contribution in [0.2, 0.25) is 0 Å². The van der Waals surface area contributed by atoms with Crippen LogP contribution in [0.1, 0.15) is 40.8 Å². The first-order valence-corrected chi connectivity index (χ1v) is 10.3. The molecule has 1 aliphatic heterocycles. The Morgan fingerprint density at radius 2 is 2.10 bits per heavy atom. The molecule has 1 saturated heterocycles. The molecule has 8 heteroatoms. The standard InChI is InChI=1S/C23H23N5O3/c1-15-11-20(31-26-15)23(29)27-10-4-6-18(13-27)22-24-21-9-8-17(14-28(21)25-22)16-5-3-7-19(12-16)30-2/h3,5,7-9,11-12,14,18H,4,6,10,13H2,1-2H3/t18-/m0/s1. The number of pyridine rings is 1. The molecule has 3 aromatic heterocycles. The average Bonchev–Trinajstić information content (AvgIpc) is 3.44. The van der Waals surface area contributed by atoms with Gasteiger partial charge in [-0.25, -0.2) is 9.50 Å². The fraction of sp³-hybridized carbons (Fsp3) is 0.304. The molecule has 1 fully saturated rings. The van der Waals surface area contributed by atoms with Crippen molar-refractivity contribution in [3.63, 3.8) is 0 Å². The molecule has 1 amide bonds. The Balaban J connectivity index is 1.39. The van der Waals surface area contributed by atoms with Gasteiger partial charge in [0.25, 0.3) is 5.91 Å². The Hall–Kier alpha value is -3.68. The molecule has 0 spiro atoms. The molecule has 5 rings (SSSR count). The number of nitrogens with zero attached hydrogens (tertiary/aromatic N) is 5. The van der Waals surface area contributed by atoms with E-state index in [0.717, 1.165) is 41.2 Å². The van der Waals surface area contributed by atoms with Crippen molar-refractivity contribution in [2.75, 3.05) is 20.2 Å². The van der Waals surface area contributed by atoms with Gasteiger partial charge >= 0.3 is 0 Å². The number of hydrogen-bond donors (Lipinski definition) is 0. The highest BCUT2D eigenvalue weighted by molar-refractivity contribution is 5.91. The second-order valence-electron chi connectivity index (χ2n) is 7.85. The van der Waals surface area contributed by atoms with Crippen molar-refractivity contribution in [2.24, 2.45) is 0 Å². The fourth-order valence-electron chi connectivity index (χ4n) is 4.04. The quantitative estimate of drug-likeness (QED) is 0.503. The number of benzene rings is 1. The van der Waals surface area contributed by atoms with E-state index in [4.69, 9.17) is 19.3 Å². The predicted molar refractivity (Wildman–Crippen MR) is 114 cm³/mol. The van der Waals surface area contributed by atoms with Gasteiger partial charge in [0.05, 0.1) is 12.8 Å². The fourth-order valence-corrected chi connectivity index (χ4v) is 4.04. The second-order valence-corrected chi connectivity index (χ2v) is 7.85. The number of carbonyl (C=O) groups is 1. The molecule has 0 radical (unpaired) electrons. The van der Waals surface area contributed by atoms with Crippen molar-refractivity contribution in [2.45, 2.75) is 25.7 Å². The summed E-state index contributed by atoms with van der Waals surface area (Å²) in [6.07, 6.45) is 3.82. The van der Waals surface area contributed by atoms with Crippen LogP contribution < -0.4 is 4.74 Å². The van der Waals surface area contributed by atoms with Gasteiger partial charge in [-0.15, -0.1) is 0 Å². The molecule has 31 heavy (non-hydrogen) atoms. The first-order chi connectivity index (χ1) is 15.1. The van der Waals surface area contributed by atoms with E-state index in [-0.39, 0.29) is 17.6 Å². The Morgan fingerprint density at radius 3 is 2.90 bits per heavy atom. The highest BCUT2D eigenvalue weighted by Gasteiger charge is 2.29. The van der Waals surface area contributed by atoms with Gasteiger partial charge in [-0.05, 0) is 49.6 Å². The summed E-state index contributed by atoms with van der Waals surface area (Å²) in [7, 11) is 1.66. The summed E-state index contributed by atoms with van der Waals surface area (Å²) in [5.41, 5.74) is 3.57. The van der Waals surface area contributed by atoms with Gasteiger partial charge in [0.2, 0.25) is 5.76 Å². The van der Waals surface area contributed by atoms with Crippen LogP contribution in [0.5, 0.6) is 5.75 Å². The zero-order chi connectivity index (χ0) is 21.4. The largest absolute Gasteiger partial charge is 0.497 e. The van der Waals surface area contributed by atoms with Crippen LogP contribution in [-0.2, 0) is 0 Å². The normalized spacial score (nSPS) is 16.6. The first kappa shape index (κ1) is 19.3.